The molecule has 0 radical (unpaired) electrons. The van der Waals surface area contributed by atoms with E-state index in [9.17, 15) is 0 Å². The molecule has 26 heavy (non-hydrogen) atoms. The van der Waals surface area contributed by atoms with Gasteiger partial charge in [0.25, 0.3) is 0 Å². The molecule has 2 N–H and O–H groups in total. The Bertz CT molecular complexity index is 866. The van der Waals surface area contributed by atoms with E-state index in [1.165, 1.54) is 0 Å². The molecule has 0 aliphatic carbocycles. The summed E-state index contributed by atoms with van der Waals surface area (Å²) in [5.74, 6) is 2.80. The number of rotatable bonds is 7. The fraction of sp³-hybridized carbons (Fsp3) is 0.200. The van der Waals surface area contributed by atoms with Crippen LogP contribution in [0.3, 0.4) is 0 Å². The summed E-state index contributed by atoms with van der Waals surface area (Å²) in [5, 5.41) is 6.52. The Labute approximate surface area is 153 Å². The normalized spacial score (nSPS) is 10.3. The molecule has 0 unspecified atom stereocenters. The molecule has 0 saturated carbocycles. The molecule has 3 rings (SSSR count). The smallest absolute Gasteiger partial charge is 0.229 e. The summed E-state index contributed by atoms with van der Waals surface area (Å²) in [6.07, 6.45) is 0. The molecule has 1 heterocycles. The van der Waals surface area contributed by atoms with Crippen LogP contribution in [0.2, 0.25) is 0 Å². The second-order valence-electron chi connectivity index (χ2n) is 5.63. The number of nitrogens with zero attached hydrogens (tertiary/aromatic N) is 2. The van der Waals surface area contributed by atoms with E-state index in [4.69, 9.17) is 9.47 Å². The minimum absolute atomic E-state index is 0.520. The van der Waals surface area contributed by atoms with Crippen molar-refractivity contribution in [3.63, 3.8) is 0 Å². The predicted molar refractivity (Wildman–Crippen MR) is 104 cm³/mol. The van der Waals surface area contributed by atoms with Gasteiger partial charge in [0, 0.05) is 17.4 Å². The van der Waals surface area contributed by atoms with Crippen molar-refractivity contribution in [2.24, 2.45) is 0 Å². The van der Waals surface area contributed by atoms with E-state index < -0.39 is 0 Å². The average Bonchev–Trinajstić information content (AvgIpc) is 2.64. The molecule has 0 amide bonds. The molecular formula is C20H22N4O2. The van der Waals surface area contributed by atoms with Crippen molar-refractivity contribution < 1.29 is 9.47 Å². The minimum atomic E-state index is 0.520. The molecule has 0 aliphatic heterocycles. The lowest BCUT2D eigenvalue weighted by Gasteiger charge is -2.13. The topological polar surface area (TPSA) is 68.3 Å². The third-order valence-electron chi connectivity index (χ3n) is 3.65. The van der Waals surface area contributed by atoms with Gasteiger partial charge in [0.2, 0.25) is 5.95 Å². The maximum atomic E-state index is 5.65. The zero-order valence-electron chi connectivity index (χ0n) is 15.1. The summed E-state index contributed by atoms with van der Waals surface area (Å²) < 4.78 is 10.8. The Morgan fingerprint density at radius 2 is 1.73 bits per heavy atom. The molecule has 1 aromatic heterocycles. The number of nitrogens with one attached hydrogen (secondary N) is 2. The van der Waals surface area contributed by atoms with Gasteiger partial charge in [-0.3, -0.25) is 0 Å². The molecule has 6 heteroatoms. The Morgan fingerprint density at radius 3 is 2.46 bits per heavy atom. The van der Waals surface area contributed by atoms with Crippen molar-refractivity contribution >= 4 is 23.1 Å². The van der Waals surface area contributed by atoms with Crippen LogP contribution in [0.4, 0.5) is 23.1 Å². The Kier molecular flexibility index (Phi) is 5.53. The van der Waals surface area contributed by atoms with Gasteiger partial charge >= 0.3 is 0 Å². The third-order valence-corrected chi connectivity index (χ3v) is 3.65. The number of ether oxygens (including phenoxy) is 2. The van der Waals surface area contributed by atoms with Crippen molar-refractivity contribution in [3.8, 4) is 11.5 Å². The van der Waals surface area contributed by atoms with Gasteiger partial charge in [-0.25, -0.2) is 4.98 Å². The van der Waals surface area contributed by atoms with Gasteiger partial charge in [-0.15, -0.1) is 0 Å². The number of hydrogen-bond donors (Lipinski definition) is 2. The predicted octanol–water partition coefficient (Wildman–Crippen LogP) is 4.68. The monoisotopic (exact) mass is 350 g/mol. The van der Waals surface area contributed by atoms with Gasteiger partial charge in [0.1, 0.15) is 17.3 Å². The standard InChI is InChI=1S/C20H22N4O2/c1-4-26-18-8-6-5-7-17(18)23-19-13-14(2)21-20(24-19)22-15-9-11-16(25-3)12-10-15/h5-13H,4H2,1-3H3,(H2,21,22,23,24). The zero-order chi connectivity index (χ0) is 18.4. The molecule has 0 fully saturated rings. The van der Waals surface area contributed by atoms with Gasteiger partial charge in [-0.05, 0) is 50.2 Å². The van der Waals surface area contributed by atoms with Crippen molar-refractivity contribution in [1.29, 1.82) is 0 Å². The van der Waals surface area contributed by atoms with Crippen LogP contribution in [0.1, 0.15) is 12.6 Å². The molecule has 0 bridgehead atoms. The van der Waals surface area contributed by atoms with E-state index in [1.807, 2.05) is 68.4 Å². The van der Waals surface area contributed by atoms with E-state index >= 15 is 0 Å². The summed E-state index contributed by atoms with van der Waals surface area (Å²) in [5.41, 5.74) is 2.60. The van der Waals surface area contributed by atoms with Crippen LogP contribution in [0.15, 0.2) is 54.6 Å². The van der Waals surface area contributed by atoms with Gasteiger partial charge in [-0.1, -0.05) is 12.1 Å². The molecule has 0 atom stereocenters. The maximum Gasteiger partial charge on any atom is 0.229 e. The highest BCUT2D eigenvalue weighted by Gasteiger charge is 2.07. The zero-order valence-corrected chi connectivity index (χ0v) is 15.1. The van der Waals surface area contributed by atoms with Crippen molar-refractivity contribution in [3.05, 3.63) is 60.3 Å². The second kappa shape index (κ2) is 8.20. The highest BCUT2D eigenvalue weighted by atomic mass is 16.5. The largest absolute Gasteiger partial charge is 0.497 e. The van der Waals surface area contributed by atoms with Gasteiger partial charge < -0.3 is 20.1 Å². The molecule has 3 aromatic rings. The lowest BCUT2D eigenvalue weighted by atomic mass is 10.3. The molecule has 2 aromatic carbocycles. The van der Waals surface area contributed by atoms with Crippen LogP contribution in [-0.4, -0.2) is 23.7 Å². The number of hydrogen-bond acceptors (Lipinski definition) is 6. The first-order valence-corrected chi connectivity index (χ1v) is 8.43. The number of methoxy groups -OCH3 is 1. The second-order valence-corrected chi connectivity index (χ2v) is 5.63. The third kappa shape index (κ3) is 4.42. The van der Waals surface area contributed by atoms with Crippen molar-refractivity contribution in [1.82, 2.24) is 9.97 Å². The molecule has 0 spiro atoms. The summed E-state index contributed by atoms with van der Waals surface area (Å²) in [7, 11) is 1.64. The van der Waals surface area contributed by atoms with Gasteiger partial charge in [0.05, 0.1) is 19.4 Å². The Morgan fingerprint density at radius 1 is 0.962 bits per heavy atom. The first kappa shape index (κ1) is 17.5. The number of benzene rings is 2. The van der Waals surface area contributed by atoms with E-state index in [2.05, 4.69) is 20.6 Å². The lowest BCUT2D eigenvalue weighted by molar-refractivity contribution is 0.342. The van der Waals surface area contributed by atoms with Crippen LogP contribution >= 0.6 is 0 Å². The van der Waals surface area contributed by atoms with E-state index in [0.717, 1.165) is 28.6 Å². The van der Waals surface area contributed by atoms with E-state index in [0.29, 0.717) is 18.4 Å². The molecule has 6 nitrogen and oxygen atoms in total. The average molecular weight is 350 g/mol. The minimum Gasteiger partial charge on any atom is -0.497 e. The Hall–Kier alpha value is -3.28. The van der Waals surface area contributed by atoms with E-state index in [-0.39, 0.29) is 0 Å². The Balaban J connectivity index is 1.81. The summed E-state index contributed by atoms with van der Waals surface area (Å²) in [6.45, 7) is 4.49. The highest BCUT2D eigenvalue weighted by molar-refractivity contribution is 5.65. The molecule has 0 aliphatic rings. The van der Waals surface area contributed by atoms with Crippen LogP contribution in [0, 0.1) is 6.92 Å². The summed E-state index contributed by atoms with van der Waals surface area (Å²) in [4.78, 5) is 9.00. The molecule has 134 valence electrons. The fourth-order valence-electron chi connectivity index (χ4n) is 2.48. The summed E-state index contributed by atoms with van der Waals surface area (Å²) in [6, 6.07) is 17.3. The van der Waals surface area contributed by atoms with Crippen LogP contribution < -0.4 is 20.1 Å². The van der Waals surface area contributed by atoms with Crippen molar-refractivity contribution in [2.45, 2.75) is 13.8 Å². The van der Waals surface area contributed by atoms with Crippen molar-refractivity contribution in [2.75, 3.05) is 24.4 Å². The van der Waals surface area contributed by atoms with Crippen LogP contribution in [-0.2, 0) is 0 Å². The first-order chi connectivity index (χ1) is 12.7. The lowest BCUT2D eigenvalue weighted by Crippen LogP contribution is -2.03. The number of aromatic nitrogens is 2. The van der Waals surface area contributed by atoms with E-state index in [1.54, 1.807) is 7.11 Å². The number of aryl methyl sites for hydroxylation is 1. The molecule has 0 saturated heterocycles. The fourth-order valence-corrected chi connectivity index (χ4v) is 2.48. The SMILES string of the molecule is CCOc1ccccc1Nc1cc(C)nc(Nc2ccc(OC)cc2)n1. The maximum absolute atomic E-state index is 5.65. The summed E-state index contributed by atoms with van der Waals surface area (Å²) >= 11 is 0. The number of para-hydroxylation sites is 2. The quantitative estimate of drug-likeness (QED) is 0.645. The van der Waals surface area contributed by atoms with Gasteiger partial charge in [0.15, 0.2) is 0 Å². The first-order valence-electron chi connectivity index (χ1n) is 8.43. The van der Waals surface area contributed by atoms with Crippen LogP contribution in [0.25, 0.3) is 0 Å². The number of anilines is 4. The highest BCUT2D eigenvalue weighted by Crippen LogP contribution is 2.27. The van der Waals surface area contributed by atoms with Gasteiger partial charge in [-0.2, -0.15) is 4.98 Å². The van der Waals surface area contributed by atoms with Crippen LogP contribution in [0.5, 0.6) is 11.5 Å². The molecular weight excluding hydrogens is 328 g/mol.